The molecule has 5 aromatic rings. The van der Waals surface area contributed by atoms with Gasteiger partial charge in [-0.05, 0) is 87.6 Å². The summed E-state index contributed by atoms with van der Waals surface area (Å²) < 4.78 is 5.63. The van der Waals surface area contributed by atoms with Crippen LogP contribution < -0.4 is 4.74 Å². The summed E-state index contributed by atoms with van der Waals surface area (Å²) in [5.74, 6) is 1.75. The molecular weight excluding hydrogens is 484 g/mol. The highest BCUT2D eigenvalue weighted by atomic mass is 16.5. The van der Waals surface area contributed by atoms with Crippen molar-refractivity contribution in [3.63, 3.8) is 0 Å². The second kappa shape index (κ2) is 18.8. The molecule has 0 spiro atoms. The van der Waals surface area contributed by atoms with Gasteiger partial charge in [-0.25, -0.2) is 0 Å². The number of benzene rings is 5. The van der Waals surface area contributed by atoms with Gasteiger partial charge in [-0.1, -0.05) is 139 Å². The third kappa shape index (κ3) is 13.4. The van der Waals surface area contributed by atoms with Crippen molar-refractivity contribution in [1.29, 1.82) is 0 Å². The van der Waals surface area contributed by atoms with Gasteiger partial charge in [0.25, 0.3) is 0 Å². The number of para-hydroxylation sites is 1. The van der Waals surface area contributed by atoms with E-state index in [9.17, 15) is 0 Å². The van der Waals surface area contributed by atoms with Crippen molar-refractivity contribution < 1.29 is 4.74 Å². The first kappa shape index (κ1) is 31.9. The third-order valence-electron chi connectivity index (χ3n) is 6.11. The van der Waals surface area contributed by atoms with Crippen molar-refractivity contribution in [2.75, 3.05) is 0 Å². The Bertz CT molecular complexity index is 1330. The minimum atomic E-state index is 0.872. The Hall–Kier alpha value is -4.36. The van der Waals surface area contributed by atoms with Crippen LogP contribution in [-0.2, 0) is 6.42 Å². The van der Waals surface area contributed by atoms with Gasteiger partial charge in [-0.2, -0.15) is 0 Å². The van der Waals surface area contributed by atoms with E-state index in [2.05, 4.69) is 101 Å². The van der Waals surface area contributed by atoms with Gasteiger partial charge in [0.1, 0.15) is 11.5 Å². The van der Waals surface area contributed by atoms with E-state index in [0.717, 1.165) is 17.9 Å². The van der Waals surface area contributed by atoms with Crippen molar-refractivity contribution in [2.45, 2.75) is 48.0 Å². The molecule has 0 unspecified atom stereocenters. The molecule has 0 fully saturated rings. The molecule has 5 aromatic carbocycles. The van der Waals surface area contributed by atoms with Crippen LogP contribution in [0.5, 0.6) is 11.5 Å². The van der Waals surface area contributed by atoms with Crippen molar-refractivity contribution in [3.8, 4) is 11.5 Å². The van der Waals surface area contributed by atoms with Gasteiger partial charge in [-0.3, -0.25) is 0 Å². The third-order valence-corrected chi connectivity index (χ3v) is 6.11. The predicted octanol–water partition coefficient (Wildman–Crippen LogP) is 11.4. The lowest BCUT2D eigenvalue weighted by atomic mass is 10.1. The number of hydrogen-bond donors (Lipinski definition) is 0. The van der Waals surface area contributed by atoms with Crippen LogP contribution in [0.4, 0.5) is 0 Å². The molecule has 0 bridgehead atoms. The van der Waals surface area contributed by atoms with E-state index in [-0.39, 0.29) is 0 Å². The maximum Gasteiger partial charge on any atom is 0.127 e. The zero-order valence-electron chi connectivity index (χ0n) is 25.0. The van der Waals surface area contributed by atoms with E-state index >= 15 is 0 Å². The number of rotatable bonds is 4. The first-order valence-corrected chi connectivity index (χ1v) is 14.0. The number of allylic oxidation sites excluding steroid dienone is 1. The summed E-state index contributed by atoms with van der Waals surface area (Å²) in [5.41, 5.74) is 8.00. The standard InChI is InChI=1S/C13H12O.C9H12.C9H10.C8H10/c1-11-7-9-13(10-8-11)14-12-5-3-2-4-6-12;1-3-9-6-4-8(2)5-7-9;1-2-6-9-7-4-3-5-8-9;1-7-5-3-4-6-8(7)2/h2-10H,1H3;4-7H,3H2,1-2H3;2-8H,1H3;3-6H,1-2H3/b;;6-2+;. The zero-order valence-corrected chi connectivity index (χ0v) is 25.0. The topological polar surface area (TPSA) is 9.23 Å². The molecule has 0 N–H and O–H groups in total. The van der Waals surface area contributed by atoms with Crippen LogP contribution in [0.3, 0.4) is 0 Å². The SMILES string of the molecule is C/C=C/c1ccccc1.CCc1ccc(C)cc1.Cc1ccc(Oc2ccccc2)cc1.Cc1ccccc1C. The lowest BCUT2D eigenvalue weighted by Crippen LogP contribution is -1.82. The average Bonchev–Trinajstić information content (AvgIpc) is 2.99. The molecule has 0 radical (unpaired) electrons. The van der Waals surface area contributed by atoms with E-state index < -0.39 is 0 Å². The van der Waals surface area contributed by atoms with Crippen LogP contribution in [0.15, 0.2) is 140 Å². The molecule has 206 valence electrons. The van der Waals surface area contributed by atoms with Crippen molar-refractivity contribution in [1.82, 2.24) is 0 Å². The van der Waals surface area contributed by atoms with Crippen LogP contribution in [0.2, 0.25) is 0 Å². The van der Waals surface area contributed by atoms with Crippen LogP contribution in [-0.4, -0.2) is 0 Å². The number of hydrogen-bond acceptors (Lipinski definition) is 1. The van der Waals surface area contributed by atoms with E-state index in [0.29, 0.717) is 0 Å². The van der Waals surface area contributed by atoms with Crippen LogP contribution >= 0.6 is 0 Å². The Morgan fingerprint density at radius 3 is 1.38 bits per heavy atom. The minimum Gasteiger partial charge on any atom is -0.457 e. The molecule has 0 aliphatic rings. The molecule has 1 nitrogen and oxygen atoms in total. The largest absolute Gasteiger partial charge is 0.457 e. The molecule has 5 rings (SSSR count). The number of aryl methyl sites for hydroxylation is 5. The maximum atomic E-state index is 5.63. The monoisotopic (exact) mass is 528 g/mol. The molecule has 0 aliphatic carbocycles. The van der Waals surface area contributed by atoms with E-state index in [1.165, 1.54) is 33.4 Å². The normalized spacial score (nSPS) is 9.75. The Morgan fingerprint density at radius 1 is 0.500 bits per heavy atom. The maximum absolute atomic E-state index is 5.63. The highest BCUT2D eigenvalue weighted by Gasteiger charge is 1.94. The Balaban J connectivity index is 0.000000192. The lowest BCUT2D eigenvalue weighted by molar-refractivity contribution is 0.482. The highest BCUT2D eigenvalue weighted by molar-refractivity contribution is 5.48. The van der Waals surface area contributed by atoms with E-state index in [1.807, 2.05) is 85.8 Å². The Labute approximate surface area is 242 Å². The molecule has 0 atom stereocenters. The summed E-state index contributed by atoms with van der Waals surface area (Å²) in [4.78, 5) is 0. The summed E-state index contributed by atoms with van der Waals surface area (Å²) >= 11 is 0. The molecule has 0 amide bonds. The van der Waals surface area contributed by atoms with Crippen molar-refractivity contribution in [3.05, 3.63) is 173 Å². The van der Waals surface area contributed by atoms with Crippen molar-refractivity contribution >= 4 is 6.08 Å². The van der Waals surface area contributed by atoms with Gasteiger partial charge < -0.3 is 4.74 Å². The smallest absolute Gasteiger partial charge is 0.127 e. The van der Waals surface area contributed by atoms with Gasteiger partial charge in [-0.15, -0.1) is 0 Å². The molecule has 1 heteroatoms. The van der Waals surface area contributed by atoms with Crippen LogP contribution in [0.25, 0.3) is 6.08 Å². The molecule has 0 aromatic heterocycles. The van der Waals surface area contributed by atoms with Gasteiger partial charge >= 0.3 is 0 Å². The fourth-order valence-corrected chi connectivity index (χ4v) is 3.47. The van der Waals surface area contributed by atoms with Crippen LogP contribution in [0, 0.1) is 27.7 Å². The first-order chi connectivity index (χ1) is 19.4. The lowest BCUT2D eigenvalue weighted by Gasteiger charge is -2.04. The summed E-state index contributed by atoms with van der Waals surface area (Å²) in [7, 11) is 0. The van der Waals surface area contributed by atoms with Gasteiger partial charge in [0.2, 0.25) is 0 Å². The van der Waals surface area contributed by atoms with Gasteiger partial charge in [0, 0.05) is 0 Å². The van der Waals surface area contributed by atoms with Gasteiger partial charge in [0.05, 0.1) is 0 Å². The Morgan fingerprint density at radius 2 is 0.925 bits per heavy atom. The second-order valence-electron chi connectivity index (χ2n) is 9.56. The fraction of sp³-hybridized carbons (Fsp3) is 0.179. The van der Waals surface area contributed by atoms with E-state index in [1.54, 1.807) is 0 Å². The van der Waals surface area contributed by atoms with Crippen molar-refractivity contribution in [2.24, 2.45) is 0 Å². The zero-order chi connectivity index (χ0) is 29.0. The minimum absolute atomic E-state index is 0.872. The highest BCUT2D eigenvalue weighted by Crippen LogP contribution is 2.20. The van der Waals surface area contributed by atoms with Crippen LogP contribution in [0.1, 0.15) is 47.2 Å². The molecular formula is C39H44O. The summed E-state index contributed by atoms with van der Waals surface area (Å²) in [6.45, 7) is 12.6. The average molecular weight is 529 g/mol. The predicted molar refractivity (Wildman–Crippen MR) is 175 cm³/mol. The van der Waals surface area contributed by atoms with E-state index in [4.69, 9.17) is 4.74 Å². The Kier molecular flexibility index (Phi) is 15.0. The van der Waals surface area contributed by atoms with Gasteiger partial charge in [0.15, 0.2) is 0 Å². The molecule has 0 aliphatic heterocycles. The molecule has 0 saturated carbocycles. The first-order valence-electron chi connectivity index (χ1n) is 14.0. The summed E-state index contributed by atoms with van der Waals surface area (Å²) in [6.07, 6.45) is 5.26. The summed E-state index contributed by atoms with van der Waals surface area (Å²) in [6, 6.07) is 45.1. The number of ether oxygens (including phenoxy) is 1. The summed E-state index contributed by atoms with van der Waals surface area (Å²) in [5, 5.41) is 0. The molecule has 0 saturated heterocycles. The fourth-order valence-electron chi connectivity index (χ4n) is 3.47. The quantitative estimate of drug-likeness (QED) is 0.225. The molecule has 40 heavy (non-hydrogen) atoms. The second-order valence-corrected chi connectivity index (χ2v) is 9.56. The molecule has 0 heterocycles.